The zero-order valence-electron chi connectivity index (χ0n) is 14.2. The second kappa shape index (κ2) is 6.55. The Labute approximate surface area is 147 Å². The van der Waals surface area contributed by atoms with Crippen molar-refractivity contribution in [3.8, 4) is 11.3 Å². The number of rotatable bonds is 3. The first kappa shape index (κ1) is 15.6. The fraction of sp³-hybridized carbons (Fsp3) is 0.238. The van der Waals surface area contributed by atoms with Crippen LogP contribution in [0.2, 0.25) is 0 Å². The molecule has 0 saturated carbocycles. The van der Waals surface area contributed by atoms with Gasteiger partial charge in [-0.1, -0.05) is 54.6 Å². The number of nitrogens with zero attached hydrogens (tertiary/aromatic N) is 2. The summed E-state index contributed by atoms with van der Waals surface area (Å²) in [4.78, 5) is 16.7. The summed E-state index contributed by atoms with van der Waals surface area (Å²) in [5, 5.41) is 0. The maximum absolute atomic E-state index is 12.3. The Kier molecular flexibility index (Phi) is 4.10. The molecule has 0 N–H and O–H groups in total. The minimum absolute atomic E-state index is 0.186. The number of imidazole rings is 1. The highest BCUT2D eigenvalue weighted by molar-refractivity contribution is 5.94. The number of benzene rings is 2. The highest BCUT2D eigenvalue weighted by Gasteiger charge is 2.27. The molecule has 126 valence electrons. The Morgan fingerprint density at radius 1 is 1.12 bits per heavy atom. The summed E-state index contributed by atoms with van der Waals surface area (Å²) >= 11 is 0. The predicted octanol–water partition coefficient (Wildman–Crippen LogP) is 4.26. The Hall–Kier alpha value is -2.88. The van der Waals surface area contributed by atoms with Crippen molar-refractivity contribution in [1.29, 1.82) is 0 Å². The van der Waals surface area contributed by atoms with Crippen molar-refractivity contribution in [3.63, 3.8) is 0 Å². The van der Waals surface area contributed by atoms with E-state index in [9.17, 15) is 4.79 Å². The molecule has 0 spiro atoms. The molecule has 3 aromatic rings. The van der Waals surface area contributed by atoms with Gasteiger partial charge in [0, 0.05) is 5.56 Å². The van der Waals surface area contributed by atoms with E-state index in [-0.39, 0.29) is 6.04 Å². The second-order valence-electron chi connectivity index (χ2n) is 6.31. The molecule has 1 aliphatic carbocycles. The fourth-order valence-electron chi connectivity index (χ4n) is 3.74. The molecule has 1 aliphatic rings. The predicted molar refractivity (Wildman–Crippen MR) is 96.5 cm³/mol. The lowest BCUT2D eigenvalue weighted by molar-refractivity contribution is 0.0595. The molecule has 4 nitrogen and oxygen atoms in total. The summed E-state index contributed by atoms with van der Waals surface area (Å²) < 4.78 is 7.09. The first-order valence-corrected chi connectivity index (χ1v) is 8.58. The monoisotopic (exact) mass is 332 g/mol. The number of carbonyl (C=O) groups excluding carboxylic acids is 1. The number of carbonyl (C=O) groups is 1. The van der Waals surface area contributed by atoms with Gasteiger partial charge in [-0.05, 0) is 30.4 Å². The summed E-state index contributed by atoms with van der Waals surface area (Å²) in [6.07, 6.45) is 5.04. The van der Waals surface area contributed by atoms with Crippen molar-refractivity contribution in [2.75, 3.05) is 7.11 Å². The molecule has 0 aliphatic heterocycles. The lowest BCUT2D eigenvalue weighted by Crippen LogP contribution is -2.18. The molecule has 2 aromatic carbocycles. The van der Waals surface area contributed by atoms with Crippen LogP contribution in [0.5, 0.6) is 0 Å². The topological polar surface area (TPSA) is 44.1 Å². The smallest absolute Gasteiger partial charge is 0.358 e. The maximum Gasteiger partial charge on any atom is 0.358 e. The van der Waals surface area contributed by atoms with Gasteiger partial charge in [0.1, 0.15) is 0 Å². The van der Waals surface area contributed by atoms with E-state index in [0.717, 1.165) is 30.5 Å². The molecular weight excluding hydrogens is 312 g/mol. The average Bonchev–Trinajstić information content (AvgIpc) is 3.12. The van der Waals surface area contributed by atoms with E-state index in [4.69, 9.17) is 4.74 Å². The van der Waals surface area contributed by atoms with Crippen LogP contribution in [0.3, 0.4) is 0 Å². The summed E-state index contributed by atoms with van der Waals surface area (Å²) in [6, 6.07) is 18.7. The van der Waals surface area contributed by atoms with Crippen LogP contribution in [0.1, 0.15) is 40.5 Å². The van der Waals surface area contributed by atoms with Gasteiger partial charge in [0.15, 0.2) is 5.69 Å². The molecule has 4 rings (SSSR count). The third kappa shape index (κ3) is 2.74. The molecular formula is C21H20N2O2. The van der Waals surface area contributed by atoms with E-state index in [0.29, 0.717) is 5.69 Å². The van der Waals surface area contributed by atoms with Gasteiger partial charge in [0.2, 0.25) is 0 Å². The minimum Gasteiger partial charge on any atom is -0.464 e. The molecule has 25 heavy (non-hydrogen) atoms. The Balaban J connectivity index is 1.89. The van der Waals surface area contributed by atoms with Crippen molar-refractivity contribution in [1.82, 2.24) is 9.55 Å². The number of aromatic nitrogens is 2. The van der Waals surface area contributed by atoms with Crippen LogP contribution in [0.4, 0.5) is 0 Å². The van der Waals surface area contributed by atoms with E-state index >= 15 is 0 Å². The molecule has 1 aromatic heterocycles. The van der Waals surface area contributed by atoms with Gasteiger partial charge in [-0.25, -0.2) is 9.78 Å². The van der Waals surface area contributed by atoms with Crippen LogP contribution in [0.15, 0.2) is 60.9 Å². The Morgan fingerprint density at radius 2 is 1.88 bits per heavy atom. The third-order valence-corrected chi connectivity index (χ3v) is 4.89. The molecule has 1 heterocycles. The molecule has 0 radical (unpaired) electrons. The molecule has 0 bridgehead atoms. The largest absolute Gasteiger partial charge is 0.464 e. The van der Waals surface area contributed by atoms with Gasteiger partial charge >= 0.3 is 5.97 Å². The van der Waals surface area contributed by atoms with E-state index in [2.05, 4.69) is 33.8 Å². The van der Waals surface area contributed by atoms with Crippen LogP contribution in [-0.4, -0.2) is 22.6 Å². The highest BCUT2D eigenvalue weighted by Crippen LogP contribution is 2.37. The van der Waals surface area contributed by atoms with Crippen molar-refractivity contribution in [2.45, 2.75) is 25.3 Å². The van der Waals surface area contributed by atoms with Gasteiger partial charge in [0.05, 0.1) is 25.2 Å². The SMILES string of the molecule is COC(=O)c1ncn(C2CCCc3ccccc32)c1-c1ccccc1. The van der Waals surface area contributed by atoms with Gasteiger partial charge in [-0.2, -0.15) is 0 Å². The third-order valence-electron chi connectivity index (χ3n) is 4.89. The summed E-state index contributed by atoms with van der Waals surface area (Å²) in [7, 11) is 1.39. The number of hydrogen-bond acceptors (Lipinski definition) is 3. The number of methoxy groups -OCH3 is 1. The van der Waals surface area contributed by atoms with Crippen LogP contribution < -0.4 is 0 Å². The van der Waals surface area contributed by atoms with Crippen LogP contribution in [-0.2, 0) is 11.2 Å². The quantitative estimate of drug-likeness (QED) is 0.673. The molecule has 1 unspecified atom stereocenters. The molecule has 0 fully saturated rings. The van der Waals surface area contributed by atoms with Crippen LogP contribution in [0, 0.1) is 0 Å². The first-order chi connectivity index (χ1) is 12.3. The Morgan fingerprint density at radius 3 is 2.68 bits per heavy atom. The van der Waals surface area contributed by atoms with Crippen molar-refractivity contribution in [2.24, 2.45) is 0 Å². The maximum atomic E-state index is 12.3. The van der Waals surface area contributed by atoms with Crippen LogP contribution >= 0.6 is 0 Å². The second-order valence-corrected chi connectivity index (χ2v) is 6.31. The number of ether oxygens (including phenoxy) is 1. The molecule has 1 atom stereocenters. The van der Waals surface area contributed by atoms with Crippen molar-refractivity contribution < 1.29 is 9.53 Å². The van der Waals surface area contributed by atoms with Crippen molar-refractivity contribution >= 4 is 5.97 Å². The summed E-state index contributed by atoms with van der Waals surface area (Å²) in [6.45, 7) is 0. The lowest BCUT2D eigenvalue weighted by Gasteiger charge is -2.28. The zero-order chi connectivity index (χ0) is 17.2. The minimum atomic E-state index is -0.401. The Bertz CT molecular complexity index is 899. The fourth-order valence-corrected chi connectivity index (χ4v) is 3.74. The normalized spacial score (nSPS) is 16.3. The van der Waals surface area contributed by atoms with Crippen molar-refractivity contribution in [3.05, 3.63) is 77.7 Å². The average molecular weight is 332 g/mol. The van der Waals surface area contributed by atoms with Gasteiger partial charge in [-0.15, -0.1) is 0 Å². The molecule has 0 saturated heterocycles. The number of hydrogen-bond donors (Lipinski definition) is 0. The first-order valence-electron chi connectivity index (χ1n) is 8.58. The number of fused-ring (bicyclic) bond motifs is 1. The van der Waals surface area contributed by atoms with Gasteiger partial charge in [0.25, 0.3) is 0 Å². The van der Waals surface area contributed by atoms with Gasteiger partial charge < -0.3 is 9.30 Å². The summed E-state index contributed by atoms with van der Waals surface area (Å²) in [5.74, 6) is -0.401. The number of aryl methyl sites for hydroxylation is 1. The standard InChI is InChI=1S/C21H20N2O2/c1-25-21(24)19-20(16-9-3-2-4-10-16)23(14-22-19)18-13-7-11-15-8-5-6-12-17(15)18/h2-6,8-10,12,14,18H,7,11,13H2,1H3. The zero-order valence-corrected chi connectivity index (χ0v) is 14.2. The highest BCUT2D eigenvalue weighted by atomic mass is 16.5. The van der Waals surface area contributed by atoms with E-state index in [1.807, 2.05) is 30.3 Å². The van der Waals surface area contributed by atoms with Gasteiger partial charge in [-0.3, -0.25) is 0 Å². The molecule has 0 amide bonds. The van der Waals surface area contributed by atoms with E-state index in [1.54, 1.807) is 6.33 Å². The van der Waals surface area contributed by atoms with E-state index in [1.165, 1.54) is 18.2 Å². The number of esters is 1. The van der Waals surface area contributed by atoms with E-state index < -0.39 is 5.97 Å². The summed E-state index contributed by atoms with van der Waals surface area (Å²) in [5.41, 5.74) is 4.88. The van der Waals surface area contributed by atoms with Crippen LogP contribution in [0.25, 0.3) is 11.3 Å². The molecule has 4 heteroatoms. The lowest BCUT2D eigenvalue weighted by atomic mass is 9.87.